The van der Waals surface area contributed by atoms with Crippen LogP contribution in [-0.4, -0.2) is 28.0 Å². The molecule has 0 saturated carbocycles. The third-order valence-corrected chi connectivity index (χ3v) is 3.33. The lowest BCUT2D eigenvalue weighted by Gasteiger charge is -2.12. The normalized spacial score (nSPS) is 14.5. The first-order valence-electron chi connectivity index (χ1n) is 6.76. The van der Waals surface area contributed by atoms with Gasteiger partial charge in [0.2, 0.25) is 0 Å². The van der Waals surface area contributed by atoms with Gasteiger partial charge in [-0.25, -0.2) is 9.59 Å². The molecule has 1 fully saturated rings. The minimum atomic E-state index is -0.918. The Bertz CT molecular complexity index is 867. The summed E-state index contributed by atoms with van der Waals surface area (Å²) in [5, 5.41) is 10.3. The van der Waals surface area contributed by atoms with Crippen LogP contribution >= 0.6 is 0 Å². The lowest BCUT2D eigenvalue weighted by atomic mass is 10.1. The molecular formula is C15H11NO7. The number of amides is 2. The molecule has 8 heteroatoms. The fourth-order valence-electron chi connectivity index (χ4n) is 2.21. The first-order valence-corrected chi connectivity index (χ1v) is 6.76. The number of rotatable bonds is 3. The first-order chi connectivity index (χ1) is 10.9. The van der Waals surface area contributed by atoms with Gasteiger partial charge in [-0.1, -0.05) is 0 Å². The molecule has 2 amide bonds. The standard InChI is InChI=1S/C15H11NO7/c17-10-2-1-8-5-9(15(21)22-11(8)7-10)6-14(20)23-16-12(18)3-4-13(16)19/h1-2,5,7,17H,3-4,6H2. The Kier molecular flexibility index (Phi) is 3.57. The Hall–Kier alpha value is -3.16. The second-order valence-corrected chi connectivity index (χ2v) is 5.00. The van der Waals surface area contributed by atoms with Crippen molar-refractivity contribution < 1.29 is 28.7 Å². The van der Waals surface area contributed by atoms with Crippen LogP contribution in [0.25, 0.3) is 11.0 Å². The van der Waals surface area contributed by atoms with Crippen molar-refractivity contribution in [2.75, 3.05) is 0 Å². The number of hydrogen-bond acceptors (Lipinski definition) is 7. The van der Waals surface area contributed by atoms with Crippen LogP contribution in [0.2, 0.25) is 0 Å². The molecule has 0 radical (unpaired) electrons. The largest absolute Gasteiger partial charge is 0.508 e. The predicted molar refractivity (Wildman–Crippen MR) is 75.0 cm³/mol. The highest BCUT2D eigenvalue weighted by atomic mass is 16.7. The van der Waals surface area contributed by atoms with E-state index in [0.29, 0.717) is 10.4 Å². The molecule has 0 aliphatic carbocycles. The van der Waals surface area contributed by atoms with Crippen LogP contribution in [0.15, 0.2) is 33.5 Å². The summed E-state index contributed by atoms with van der Waals surface area (Å²) in [7, 11) is 0. The maximum atomic E-state index is 11.8. The molecule has 0 unspecified atom stereocenters. The van der Waals surface area contributed by atoms with Gasteiger partial charge >= 0.3 is 11.6 Å². The average molecular weight is 317 g/mol. The Morgan fingerprint density at radius 2 is 1.87 bits per heavy atom. The molecule has 3 rings (SSSR count). The molecule has 23 heavy (non-hydrogen) atoms. The Morgan fingerprint density at radius 1 is 1.17 bits per heavy atom. The molecule has 1 aliphatic heterocycles. The highest BCUT2D eigenvalue weighted by molar-refractivity contribution is 6.01. The van der Waals surface area contributed by atoms with Crippen LogP contribution in [0, 0.1) is 0 Å². The molecule has 1 aliphatic rings. The summed E-state index contributed by atoms with van der Waals surface area (Å²) in [6.07, 6.45) is -0.461. The van der Waals surface area contributed by atoms with Gasteiger partial charge in [-0.15, -0.1) is 5.06 Å². The lowest BCUT2D eigenvalue weighted by Crippen LogP contribution is -2.33. The van der Waals surface area contributed by atoms with Crippen molar-refractivity contribution in [1.82, 2.24) is 5.06 Å². The van der Waals surface area contributed by atoms with Crippen molar-refractivity contribution in [3.8, 4) is 5.75 Å². The summed E-state index contributed by atoms with van der Waals surface area (Å²) < 4.78 is 5.02. The number of carbonyl (C=O) groups excluding carboxylic acids is 3. The Balaban J connectivity index is 1.81. The van der Waals surface area contributed by atoms with Crippen molar-refractivity contribution in [2.45, 2.75) is 19.3 Å². The second kappa shape index (κ2) is 5.56. The number of fused-ring (bicyclic) bond motifs is 1. The Labute approximate surface area is 128 Å². The molecule has 0 spiro atoms. The number of nitrogens with zero attached hydrogens (tertiary/aromatic N) is 1. The summed E-state index contributed by atoms with van der Waals surface area (Å²) in [5.74, 6) is -2.16. The second-order valence-electron chi connectivity index (χ2n) is 5.00. The van der Waals surface area contributed by atoms with E-state index in [4.69, 9.17) is 9.25 Å². The highest BCUT2D eigenvalue weighted by Crippen LogP contribution is 2.19. The summed E-state index contributed by atoms with van der Waals surface area (Å²) in [6.45, 7) is 0. The van der Waals surface area contributed by atoms with E-state index >= 15 is 0 Å². The van der Waals surface area contributed by atoms with Gasteiger partial charge < -0.3 is 14.4 Å². The minimum Gasteiger partial charge on any atom is -0.508 e. The fraction of sp³-hybridized carbons (Fsp3) is 0.200. The SMILES string of the molecule is O=C(Cc1cc2ccc(O)cc2oc1=O)ON1C(=O)CCC1=O. The van der Waals surface area contributed by atoms with Gasteiger partial charge in [0.15, 0.2) is 0 Å². The zero-order valence-corrected chi connectivity index (χ0v) is 11.8. The summed E-state index contributed by atoms with van der Waals surface area (Å²) >= 11 is 0. The fourth-order valence-corrected chi connectivity index (χ4v) is 2.21. The number of phenolic OH excluding ortho intramolecular Hbond substituents is 1. The van der Waals surface area contributed by atoms with E-state index in [1.54, 1.807) is 0 Å². The van der Waals surface area contributed by atoms with Gasteiger partial charge in [0, 0.05) is 29.9 Å². The number of imide groups is 1. The van der Waals surface area contributed by atoms with Crippen molar-refractivity contribution in [2.24, 2.45) is 0 Å². The van der Waals surface area contributed by atoms with E-state index < -0.39 is 29.8 Å². The molecule has 0 atom stereocenters. The van der Waals surface area contributed by atoms with E-state index in [1.165, 1.54) is 24.3 Å². The smallest absolute Gasteiger partial charge is 0.340 e. The van der Waals surface area contributed by atoms with Crippen molar-refractivity contribution >= 4 is 28.8 Å². The number of aromatic hydroxyl groups is 1. The third-order valence-electron chi connectivity index (χ3n) is 3.33. The number of phenols is 1. The van der Waals surface area contributed by atoms with E-state index in [-0.39, 0.29) is 29.7 Å². The summed E-state index contributed by atoms with van der Waals surface area (Å²) in [5.41, 5.74) is -0.566. The van der Waals surface area contributed by atoms with Crippen LogP contribution in [0.5, 0.6) is 5.75 Å². The molecule has 8 nitrogen and oxygen atoms in total. The molecule has 2 heterocycles. The Morgan fingerprint density at radius 3 is 2.57 bits per heavy atom. The van der Waals surface area contributed by atoms with Gasteiger partial charge in [0.25, 0.3) is 11.8 Å². The topological polar surface area (TPSA) is 114 Å². The molecule has 1 aromatic carbocycles. The van der Waals surface area contributed by atoms with Crippen LogP contribution in [-0.2, 0) is 25.6 Å². The van der Waals surface area contributed by atoms with Crippen LogP contribution in [0.4, 0.5) is 0 Å². The van der Waals surface area contributed by atoms with Crippen molar-refractivity contribution in [3.63, 3.8) is 0 Å². The molecule has 118 valence electrons. The van der Waals surface area contributed by atoms with Crippen LogP contribution in [0.1, 0.15) is 18.4 Å². The maximum Gasteiger partial charge on any atom is 0.340 e. The van der Waals surface area contributed by atoms with E-state index in [9.17, 15) is 24.3 Å². The number of hydrogen-bond donors (Lipinski definition) is 1. The molecule has 1 N–H and O–H groups in total. The highest BCUT2D eigenvalue weighted by Gasteiger charge is 2.33. The maximum absolute atomic E-state index is 11.8. The van der Waals surface area contributed by atoms with Gasteiger partial charge in [-0.05, 0) is 18.2 Å². The third kappa shape index (κ3) is 2.91. The van der Waals surface area contributed by atoms with Gasteiger partial charge in [0.1, 0.15) is 11.3 Å². The molecule has 1 saturated heterocycles. The van der Waals surface area contributed by atoms with Gasteiger partial charge in [0.05, 0.1) is 6.42 Å². The zero-order chi connectivity index (χ0) is 16.6. The number of benzene rings is 1. The minimum absolute atomic E-state index is 0.00623. The number of carbonyl (C=O) groups is 3. The van der Waals surface area contributed by atoms with Crippen molar-refractivity contribution in [3.05, 3.63) is 40.2 Å². The van der Waals surface area contributed by atoms with E-state index in [1.807, 2.05) is 0 Å². The molecule has 0 bridgehead atoms. The summed E-state index contributed by atoms with van der Waals surface area (Å²) in [6, 6.07) is 5.64. The first kappa shape index (κ1) is 14.8. The zero-order valence-electron chi connectivity index (χ0n) is 11.8. The average Bonchev–Trinajstić information content (AvgIpc) is 2.80. The van der Waals surface area contributed by atoms with Gasteiger partial charge in [-0.3, -0.25) is 9.59 Å². The van der Waals surface area contributed by atoms with E-state index in [0.717, 1.165) is 0 Å². The predicted octanol–water partition coefficient (Wildman–Crippen LogP) is 0.648. The van der Waals surface area contributed by atoms with Crippen LogP contribution < -0.4 is 5.63 Å². The lowest BCUT2D eigenvalue weighted by molar-refractivity contribution is -0.197. The molecule has 2 aromatic rings. The van der Waals surface area contributed by atoms with Crippen LogP contribution in [0.3, 0.4) is 0 Å². The quantitative estimate of drug-likeness (QED) is 0.653. The van der Waals surface area contributed by atoms with Gasteiger partial charge in [-0.2, -0.15) is 0 Å². The molecular weight excluding hydrogens is 306 g/mol. The van der Waals surface area contributed by atoms with E-state index in [2.05, 4.69) is 0 Å². The monoisotopic (exact) mass is 317 g/mol. The number of hydroxylamine groups is 2. The summed E-state index contributed by atoms with van der Waals surface area (Å²) in [4.78, 5) is 51.1. The van der Waals surface area contributed by atoms with Crippen molar-refractivity contribution in [1.29, 1.82) is 0 Å². The molecule has 1 aromatic heterocycles.